The molecule has 0 atom stereocenters. The molecule has 1 fully saturated rings. The summed E-state index contributed by atoms with van der Waals surface area (Å²) in [4.78, 5) is 12.3. The van der Waals surface area contributed by atoms with Gasteiger partial charge in [0.2, 0.25) is 0 Å². The Kier molecular flexibility index (Phi) is 5.40. The molecule has 3 nitrogen and oxygen atoms in total. The Morgan fingerprint density at radius 1 is 1.32 bits per heavy atom. The maximum absolute atomic E-state index is 12.3. The molecule has 19 heavy (non-hydrogen) atoms. The maximum atomic E-state index is 12.3. The van der Waals surface area contributed by atoms with Crippen LogP contribution in [0.15, 0.2) is 24.3 Å². The van der Waals surface area contributed by atoms with E-state index in [0.717, 1.165) is 43.7 Å². The van der Waals surface area contributed by atoms with Gasteiger partial charge in [-0.05, 0) is 38.4 Å². The highest BCUT2D eigenvalue weighted by Gasteiger charge is 2.21. The maximum Gasteiger partial charge on any atom is 0.140 e. The van der Waals surface area contributed by atoms with Gasteiger partial charge in [0.1, 0.15) is 11.5 Å². The van der Waals surface area contributed by atoms with Gasteiger partial charge < -0.3 is 10.1 Å². The minimum Gasteiger partial charge on any atom is -0.493 e. The highest BCUT2D eigenvalue weighted by atomic mass is 16.5. The van der Waals surface area contributed by atoms with Gasteiger partial charge in [0.25, 0.3) is 0 Å². The number of para-hydroxylation sites is 1. The van der Waals surface area contributed by atoms with Crippen LogP contribution in [-0.2, 0) is 11.2 Å². The lowest BCUT2D eigenvalue weighted by Gasteiger charge is -2.21. The fourth-order valence-electron chi connectivity index (χ4n) is 2.48. The zero-order valence-electron chi connectivity index (χ0n) is 11.7. The number of ether oxygens (including phenoxy) is 1. The number of nitrogens with one attached hydrogen (secondary N) is 1. The number of hydrogen-bond acceptors (Lipinski definition) is 3. The molecule has 0 radical (unpaired) electrons. The molecule has 3 heteroatoms. The standard InChI is InChI=1S/C16H23NO2/c1-2-11-19-16-6-4-3-5-14(16)12-15(18)13-7-9-17-10-8-13/h3-6,13,17H,2,7-12H2,1H3. The lowest BCUT2D eigenvalue weighted by atomic mass is 9.90. The molecular weight excluding hydrogens is 238 g/mol. The first-order valence-corrected chi connectivity index (χ1v) is 7.25. The Balaban J connectivity index is 1.99. The van der Waals surface area contributed by atoms with Crippen LogP contribution in [0.3, 0.4) is 0 Å². The second-order valence-corrected chi connectivity index (χ2v) is 5.12. The van der Waals surface area contributed by atoms with Crippen LogP contribution in [0.2, 0.25) is 0 Å². The summed E-state index contributed by atoms with van der Waals surface area (Å²) >= 11 is 0. The summed E-state index contributed by atoms with van der Waals surface area (Å²) < 4.78 is 5.71. The van der Waals surface area contributed by atoms with Crippen molar-refractivity contribution < 1.29 is 9.53 Å². The highest BCUT2D eigenvalue weighted by molar-refractivity contribution is 5.84. The number of benzene rings is 1. The third-order valence-corrected chi connectivity index (χ3v) is 3.59. The Labute approximate surface area is 115 Å². The quantitative estimate of drug-likeness (QED) is 0.855. The smallest absolute Gasteiger partial charge is 0.140 e. The summed E-state index contributed by atoms with van der Waals surface area (Å²) in [5.41, 5.74) is 1.03. The zero-order valence-corrected chi connectivity index (χ0v) is 11.7. The minimum atomic E-state index is 0.223. The van der Waals surface area contributed by atoms with Crippen LogP contribution in [0, 0.1) is 5.92 Å². The molecular formula is C16H23NO2. The average molecular weight is 261 g/mol. The van der Waals surface area contributed by atoms with Crippen molar-refractivity contribution in [1.82, 2.24) is 5.32 Å². The topological polar surface area (TPSA) is 38.3 Å². The van der Waals surface area contributed by atoms with E-state index in [4.69, 9.17) is 4.74 Å². The van der Waals surface area contributed by atoms with Gasteiger partial charge >= 0.3 is 0 Å². The van der Waals surface area contributed by atoms with E-state index < -0.39 is 0 Å². The molecule has 1 N–H and O–H groups in total. The predicted molar refractivity (Wildman–Crippen MR) is 76.5 cm³/mol. The van der Waals surface area contributed by atoms with Crippen molar-refractivity contribution >= 4 is 5.78 Å². The highest BCUT2D eigenvalue weighted by Crippen LogP contribution is 2.22. The largest absolute Gasteiger partial charge is 0.493 e. The summed E-state index contributed by atoms with van der Waals surface area (Å²) in [5, 5.41) is 3.30. The van der Waals surface area contributed by atoms with Gasteiger partial charge in [0.15, 0.2) is 0 Å². The van der Waals surface area contributed by atoms with Crippen LogP contribution in [0.5, 0.6) is 5.75 Å². The van der Waals surface area contributed by atoms with Crippen LogP contribution in [0.4, 0.5) is 0 Å². The van der Waals surface area contributed by atoms with E-state index in [-0.39, 0.29) is 5.92 Å². The van der Waals surface area contributed by atoms with Crippen LogP contribution in [-0.4, -0.2) is 25.5 Å². The lowest BCUT2D eigenvalue weighted by Crippen LogP contribution is -2.32. The lowest BCUT2D eigenvalue weighted by molar-refractivity contribution is -0.122. The molecule has 1 aliphatic heterocycles. The van der Waals surface area contributed by atoms with E-state index in [0.29, 0.717) is 18.8 Å². The Morgan fingerprint density at radius 3 is 2.79 bits per heavy atom. The van der Waals surface area contributed by atoms with Gasteiger partial charge in [-0.3, -0.25) is 4.79 Å². The van der Waals surface area contributed by atoms with Crippen molar-refractivity contribution in [2.45, 2.75) is 32.6 Å². The van der Waals surface area contributed by atoms with Gasteiger partial charge in [0.05, 0.1) is 6.61 Å². The fourth-order valence-corrected chi connectivity index (χ4v) is 2.48. The fraction of sp³-hybridized carbons (Fsp3) is 0.562. The van der Waals surface area contributed by atoms with Gasteiger partial charge in [-0.25, -0.2) is 0 Å². The minimum absolute atomic E-state index is 0.223. The van der Waals surface area contributed by atoms with Crippen molar-refractivity contribution in [2.75, 3.05) is 19.7 Å². The van der Waals surface area contributed by atoms with E-state index in [1.807, 2.05) is 24.3 Å². The molecule has 104 valence electrons. The molecule has 1 saturated heterocycles. The number of carbonyl (C=O) groups is 1. The van der Waals surface area contributed by atoms with Gasteiger partial charge in [0, 0.05) is 17.9 Å². The zero-order chi connectivity index (χ0) is 13.5. The van der Waals surface area contributed by atoms with Crippen molar-refractivity contribution in [3.05, 3.63) is 29.8 Å². The summed E-state index contributed by atoms with van der Waals surface area (Å²) in [6, 6.07) is 7.90. The first kappa shape index (κ1) is 14.1. The third kappa shape index (κ3) is 4.06. The van der Waals surface area contributed by atoms with Crippen molar-refractivity contribution in [3.63, 3.8) is 0 Å². The van der Waals surface area contributed by atoms with E-state index in [2.05, 4.69) is 12.2 Å². The number of piperidine rings is 1. The number of ketones is 1. The summed E-state index contributed by atoms with van der Waals surface area (Å²) in [7, 11) is 0. The van der Waals surface area contributed by atoms with Gasteiger partial charge in [-0.1, -0.05) is 25.1 Å². The molecule has 0 unspecified atom stereocenters. The first-order valence-electron chi connectivity index (χ1n) is 7.25. The van der Waals surface area contributed by atoms with Crippen LogP contribution < -0.4 is 10.1 Å². The summed E-state index contributed by atoms with van der Waals surface area (Å²) in [6.45, 7) is 4.72. The normalized spacial score (nSPS) is 16.3. The monoisotopic (exact) mass is 261 g/mol. The Morgan fingerprint density at radius 2 is 2.05 bits per heavy atom. The van der Waals surface area contributed by atoms with Crippen LogP contribution in [0.1, 0.15) is 31.7 Å². The van der Waals surface area contributed by atoms with Gasteiger partial charge in [-0.2, -0.15) is 0 Å². The number of Topliss-reactive ketones (excluding diaryl/α,β-unsaturated/α-hetero) is 1. The molecule has 0 aliphatic carbocycles. The van der Waals surface area contributed by atoms with Crippen LogP contribution >= 0.6 is 0 Å². The number of hydrogen-bond donors (Lipinski definition) is 1. The van der Waals surface area contributed by atoms with Gasteiger partial charge in [-0.15, -0.1) is 0 Å². The third-order valence-electron chi connectivity index (χ3n) is 3.59. The molecule has 0 amide bonds. The van der Waals surface area contributed by atoms with E-state index >= 15 is 0 Å². The Hall–Kier alpha value is -1.35. The van der Waals surface area contributed by atoms with Crippen molar-refractivity contribution in [1.29, 1.82) is 0 Å². The van der Waals surface area contributed by atoms with E-state index in [9.17, 15) is 4.79 Å². The molecule has 1 aromatic rings. The molecule has 2 rings (SSSR count). The molecule has 1 aromatic carbocycles. The van der Waals surface area contributed by atoms with E-state index in [1.165, 1.54) is 0 Å². The molecule has 1 aliphatic rings. The summed E-state index contributed by atoms with van der Waals surface area (Å²) in [5.74, 6) is 1.45. The molecule has 0 saturated carbocycles. The number of carbonyl (C=O) groups excluding carboxylic acids is 1. The second-order valence-electron chi connectivity index (χ2n) is 5.12. The van der Waals surface area contributed by atoms with Crippen LogP contribution in [0.25, 0.3) is 0 Å². The van der Waals surface area contributed by atoms with Crippen molar-refractivity contribution in [2.24, 2.45) is 5.92 Å². The first-order chi connectivity index (χ1) is 9.31. The molecule has 0 spiro atoms. The number of rotatable bonds is 6. The van der Waals surface area contributed by atoms with Crippen molar-refractivity contribution in [3.8, 4) is 5.75 Å². The second kappa shape index (κ2) is 7.29. The van der Waals surface area contributed by atoms with E-state index in [1.54, 1.807) is 0 Å². The molecule has 0 aromatic heterocycles. The average Bonchev–Trinajstić information content (AvgIpc) is 2.47. The Bertz CT molecular complexity index is 411. The summed E-state index contributed by atoms with van der Waals surface area (Å²) in [6.07, 6.45) is 3.43. The SMILES string of the molecule is CCCOc1ccccc1CC(=O)C1CCNCC1. The molecule has 1 heterocycles. The molecule has 0 bridgehead atoms. The predicted octanol–water partition coefficient (Wildman–Crippen LogP) is 2.59.